The standard InChI is InChI=1S/C19H29N3O9/c1-14(18(23)20-25)10-17(11-30-13-31-12-29-9-8-28-3)21(2)19(24)15-4-6-16(7-5-15)22(26)27/h4-7,14,17,25H,8-13H2,1-3H3,(H,20,23)/t14-,17-/m0/s1. The first kappa shape index (κ1) is 26.4. The molecule has 0 aromatic heterocycles. The highest BCUT2D eigenvalue weighted by Crippen LogP contribution is 2.17. The number of hydrogen-bond acceptors (Lipinski definition) is 9. The summed E-state index contributed by atoms with van der Waals surface area (Å²) in [5.41, 5.74) is 1.71. The van der Waals surface area contributed by atoms with Crippen molar-refractivity contribution in [3.8, 4) is 0 Å². The zero-order chi connectivity index (χ0) is 23.2. The van der Waals surface area contributed by atoms with Crippen LogP contribution in [-0.2, 0) is 23.7 Å². The van der Waals surface area contributed by atoms with Gasteiger partial charge in [-0.25, -0.2) is 5.48 Å². The summed E-state index contributed by atoms with van der Waals surface area (Å²) >= 11 is 0. The third-order valence-electron chi connectivity index (χ3n) is 4.45. The summed E-state index contributed by atoms with van der Waals surface area (Å²) in [6.45, 7) is 2.38. The number of benzene rings is 1. The molecule has 31 heavy (non-hydrogen) atoms. The Morgan fingerprint density at radius 3 is 2.39 bits per heavy atom. The Morgan fingerprint density at radius 1 is 1.16 bits per heavy atom. The van der Waals surface area contributed by atoms with Gasteiger partial charge in [0.2, 0.25) is 5.91 Å². The number of likely N-dealkylation sites (N-methyl/N-ethyl adjacent to an activating group) is 1. The van der Waals surface area contributed by atoms with Gasteiger partial charge in [-0.3, -0.25) is 24.9 Å². The highest BCUT2D eigenvalue weighted by Gasteiger charge is 2.26. The normalized spacial score (nSPS) is 12.8. The van der Waals surface area contributed by atoms with Crippen LogP contribution in [0.3, 0.4) is 0 Å². The minimum absolute atomic E-state index is 0.00884. The Hall–Kier alpha value is -2.64. The molecule has 0 saturated carbocycles. The Balaban J connectivity index is 2.71. The van der Waals surface area contributed by atoms with Gasteiger partial charge in [-0.15, -0.1) is 0 Å². The van der Waals surface area contributed by atoms with E-state index in [0.717, 1.165) is 0 Å². The van der Waals surface area contributed by atoms with E-state index in [-0.39, 0.29) is 37.9 Å². The molecular formula is C19H29N3O9. The number of carbonyl (C=O) groups is 2. The molecule has 0 aliphatic rings. The second kappa shape index (κ2) is 14.4. The van der Waals surface area contributed by atoms with E-state index < -0.39 is 28.7 Å². The zero-order valence-electron chi connectivity index (χ0n) is 17.8. The van der Waals surface area contributed by atoms with Gasteiger partial charge < -0.3 is 23.8 Å². The van der Waals surface area contributed by atoms with Gasteiger partial charge >= 0.3 is 0 Å². The van der Waals surface area contributed by atoms with Crippen LogP contribution in [0.1, 0.15) is 23.7 Å². The fourth-order valence-corrected chi connectivity index (χ4v) is 2.60. The largest absolute Gasteiger partial charge is 0.382 e. The van der Waals surface area contributed by atoms with Crippen LogP contribution in [0.2, 0.25) is 0 Å². The summed E-state index contributed by atoms with van der Waals surface area (Å²) in [5, 5.41) is 19.6. The molecule has 2 amide bonds. The molecule has 1 aromatic carbocycles. The molecule has 2 N–H and O–H groups in total. The highest BCUT2D eigenvalue weighted by atomic mass is 16.7. The fraction of sp³-hybridized carbons (Fsp3) is 0.579. The van der Waals surface area contributed by atoms with Crippen molar-refractivity contribution in [2.24, 2.45) is 5.92 Å². The van der Waals surface area contributed by atoms with E-state index in [1.54, 1.807) is 19.5 Å². The number of hydrogen-bond donors (Lipinski definition) is 2. The average Bonchev–Trinajstić information content (AvgIpc) is 2.78. The van der Waals surface area contributed by atoms with Crippen molar-refractivity contribution in [3.05, 3.63) is 39.9 Å². The number of hydroxylamine groups is 1. The minimum atomic E-state index is -0.607. The quantitative estimate of drug-likeness (QED) is 0.134. The molecule has 2 atom stereocenters. The second-order valence-corrected chi connectivity index (χ2v) is 6.70. The molecule has 0 bridgehead atoms. The number of amides is 2. The van der Waals surface area contributed by atoms with Crippen molar-refractivity contribution in [2.45, 2.75) is 19.4 Å². The summed E-state index contributed by atoms with van der Waals surface area (Å²) in [6, 6.07) is 4.67. The number of methoxy groups -OCH3 is 1. The molecule has 1 aromatic rings. The van der Waals surface area contributed by atoms with Crippen molar-refractivity contribution in [1.29, 1.82) is 0 Å². The van der Waals surface area contributed by atoms with Crippen LogP contribution < -0.4 is 5.48 Å². The molecule has 0 spiro atoms. The van der Waals surface area contributed by atoms with Crippen molar-refractivity contribution in [1.82, 2.24) is 10.4 Å². The lowest BCUT2D eigenvalue weighted by atomic mass is 10.00. The Bertz CT molecular complexity index is 699. The van der Waals surface area contributed by atoms with E-state index >= 15 is 0 Å². The van der Waals surface area contributed by atoms with E-state index in [1.165, 1.54) is 36.2 Å². The summed E-state index contributed by atoms with van der Waals surface area (Å²) in [6.07, 6.45) is 0.200. The van der Waals surface area contributed by atoms with Gasteiger partial charge in [0.05, 0.1) is 30.8 Å². The number of carbonyl (C=O) groups excluding carboxylic acids is 2. The fourth-order valence-electron chi connectivity index (χ4n) is 2.60. The van der Waals surface area contributed by atoms with Crippen LogP contribution in [0.25, 0.3) is 0 Å². The first-order chi connectivity index (χ1) is 14.8. The molecule has 0 aliphatic carbocycles. The number of nitro groups is 1. The summed E-state index contributed by atoms with van der Waals surface area (Å²) < 4.78 is 20.6. The van der Waals surface area contributed by atoms with Crippen LogP contribution >= 0.6 is 0 Å². The summed E-state index contributed by atoms with van der Waals surface area (Å²) in [4.78, 5) is 36.1. The van der Waals surface area contributed by atoms with Gasteiger partial charge in [-0.2, -0.15) is 0 Å². The molecule has 0 aliphatic heterocycles. The van der Waals surface area contributed by atoms with E-state index in [2.05, 4.69) is 0 Å². The molecule has 0 saturated heterocycles. The van der Waals surface area contributed by atoms with Crippen molar-refractivity contribution < 1.29 is 38.7 Å². The van der Waals surface area contributed by atoms with Crippen LogP contribution in [0.5, 0.6) is 0 Å². The first-order valence-corrected chi connectivity index (χ1v) is 9.49. The predicted octanol–water partition coefficient (Wildman–Crippen LogP) is 1.18. The van der Waals surface area contributed by atoms with Crippen LogP contribution in [0.4, 0.5) is 5.69 Å². The summed E-state index contributed by atoms with van der Waals surface area (Å²) in [5.74, 6) is -1.60. The van der Waals surface area contributed by atoms with Gasteiger partial charge in [-0.05, 0) is 18.6 Å². The number of rotatable bonds is 15. The van der Waals surface area contributed by atoms with Gasteiger partial charge in [0.15, 0.2) is 0 Å². The minimum Gasteiger partial charge on any atom is -0.382 e. The molecule has 174 valence electrons. The number of nitro benzene ring substituents is 1. The number of ether oxygens (including phenoxy) is 4. The highest BCUT2D eigenvalue weighted by molar-refractivity contribution is 5.94. The Kier molecular flexibility index (Phi) is 12.2. The van der Waals surface area contributed by atoms with Gasteiger partial charge in [0, 0.05) is 37.8 Å². The molecular weight excluding hydrogens is 414 g/mol. The van der Waals surface area contributed by atoms with Crippen LogP contribution in [0.15, 0.2) is 24.3 Å². The van der Waals surface area contributed by atoms with Crippen LogP contribution in [0, 0.1) is 16.0 Å². The molecule has 1 rings (SSSR count). The maximum atomic E-state index is 12.8. The second-order valence-electron chi connectivity index (χ2n) is 6.70. The molecule has 0 fully saturated rings. The topological polar surface area (TPSA) is 150 Å². The number of nitrogens with one attached hydrogen (secondary N) is 1. The molecule has 0 unspecified atom stereocenters. The number of nitrogens with zero attached hydrogens (tertiary/aromatic N) is 2. The van der Waals surface area contributed by atoms with E-state index in [4.69, 9.17) is 24.2 Å². The van der Waals surface area contributed by atoms with Crippen molar-refractivity contribution in [2.75, 3.05) is 47.6 Å². The van der Waals surface area contributed by atoms with Gasteiger partial charge in [0.1, 0.15) is 13.6 Å². The SMILES string of the molecule is COCCOCOCOC[C@H](C[C@H](C)C(=O)NO)N(C)C(=O)c1ccc([N+](=O)[O-])cc1. The van der Waals surface area contributed by atoms with E-state index in [0.29, 0.717) is 13.2 Å². The smallest absolute Gasteiger partial charge is 0.269 e. The van der Waals surface area contributed by atoms with Gasteiger partial charge in [-0.1, -0.05) is 6.92 Å². The monoisotopic (exact) mass is 443 g/mol. The lowest BCUT2D eigenvalue weighted by molar-refractivity contribution is -0.384. The Morgan fingerprint density at radius 2 is 1.81 bits per heavy atom. The van der Waals surface area contributed by atoms with Crippen molar-refractivity contribution in [3.63, 3.8) is 0 Å². The molecule has 12 heteroatoms. The van der Waals surface area contributed by atoms with E-state index in [1.807, 2.05) is 0 Å². The molecule has 12 nitrogen and oxygen atoms in total. The lowest BCUT2D eigenvalue weighted by Crippen LogP contribution is -2.43. The maximum absolute atomic E-state index is 12.8. The van der Waals surface area contributed by atoms with E-state index in [9.17, 15) is 19.7 Å². The predicted molar refractivity (Wildman–Crippen MR) is 107 cm³/mol. The third-order valence-corrected chi connectivity index (χ3v) is 4.45. The maximum Gasteiger partial charge on any atom is 0.269 e. The first-order valence-electron chi connectivity index (χ1n) is 9.49. The zero-order valence-corrected chi connectivity index (χ0v) is 17.8. The molecule has 0 heterocycles. The average molecular weight is 443 g/mol. The summed E-state index contributed by atoms with van der Waals surface area (Å²) in [7, 11) is 3.09. The van der Waals surface area contributed by atoms with Crippen molar-refractivity contribution >= 4 is 17.5 Å². The lowest BCUT2D eigenvalue weighted by Gasteiger charge is -2.30. The van der Waals surface area contributed by atoms with Gasteiger partial charge in [0.25, 0.3) is 11.6 Å². The number of non-ortho nitro benzene ring substituents is 1. The third kappa shape index (κ3) is 9.36. The van der Waals surface area contributed by atoms with Crippen LogP contribution in [-0.4, -0.2) is 80.5 Å². The Labute approximate surface area is 180 Å². The molecule has 0 radical (unpaired) electrons.